The number of benzene rings is 1. The standard InChI is InChI=1S/C17H19N5OS/c1-23-15-6-9-18-16(21-15)19-12-7-10-22(11-8-12)17-20-13-4-2-3-5-14(13)24-17/h2-6,9,12H,7-8,10-11H2,1H3,(H,18,19,21). The number of ether oxygens (including phenoxy) is 1. The molecule has 1 saturated heterocycles. The summed E-state index contributed by atoms with van der Waals surface area (Å²) >= 11 is 1.77. The van der Waals surface area contributed by atoms with Crippen molar-refractivity contribution in [1.82, 2.24) is 15.0 Å². The number of rotatable bonds is 4. The predicted octanol–water partition coefficient (Wildman–Crippen LogP) is 3.18. The Bertz CT molecular complexity index is 795. The van der Waals surface area contributed by atoms with E-state index in [-0.39, 0.29) is 0 Å². The van der Waals surface area contributed by atoms with Crippen LogP contribution in [0.1, 0.15) is 12.8 Å². The number of thiazole rings is 1. The number of fused-ring (bicyclic) bond motifs is 1. The van der Waals surface area contributed by atoms with E-state index in [9.17, 15) is 0 Å². The van der Waals surface area contributed by atoms with Gasteiger partial charge >= 0.3 is 0 Å². The van der Waals surface area contributed by atoms with Gasteiger partial charge in [0.15, 0.2) is 5.13 Å². The van der Waals surface area contributed by atoms with E-state index in [0.717, 1.165) is 36.6 Å². The van der Waals surface area contributed by atoms with Crippen molar-refractivity contribution in [3.8, 4) is 5.88 Å². The molecule has 6 nitrogen and oxygen atoms in total. The van der Waals surface area contributed by atoms with Gasteiger partial charge in [-0.15, -0.1) is 0 Å². The number of hydrogen-bond donors (Lipinski definition) is 1. The minimum atomic E-state index is 0.378. The summed E-state index contributed by atoms with van der Waals surface area (Å²) in [5.41, 5.74) is 1.09. The maximum atomic E-state index is 5.14. The van der Waals surface area contributed by atoms with Crippen LogP contribution >= 0.6 is 11.3 Å². The minimum absolute atomic E-state index is 0.378. The number of methoxy groups -OCH3 is 1. The largest absolute Gasteiger partial charge is 0.481 e. The van der Waals surface area contributed by atoms with Gasteiger partial charge in [-0.05, 0) is 25.0 Å². The van der Waals surface area contributed by atoms with Crippen molar-refractivity contribution in [3.63, 3.8) is 0 Å². The van der Waals surface area contributed by atoms with Crippen LogP contribution in [0.4, 0.5) is 11.1 Å². The summed E-state index contributed by atoms with van der Waals surface area (Å²) in [5, 5.41) is 4.53. The average Bonchev–Trinajstić information content (AvgIpc) is 3.06. The number of anilines is 2. The van der Waals surface area contributed by atoms with Crippen molar-refractivity contribution < 1.29 is 4.74 Å². The summed E-state index contributed by atoms with van der Waals surface area (Å²) in [7, 11) is 1.61. The molecule has 4 rings (SSSR count). The molecule has 1 aliphatic heterocycles. The van der Waals surface area contributed by atoms with Crippen LogP contribution in [0.5, 0.6) is 5.88 Å². The molecular weight excluding hydrogens is 322 g/mol. The third-order valence-electron chi connectivity index (χ3n) is 4.22. The fraction of sp³-hybridized carbons (Fsp3) is 0.353. The third-order valence-corrected chi connectivity index (χ3v) is 5.32. The first-order valence-corrected chi connectivity index (χ1v) is 8.87. The second-order valence-electron chi connectivity index (χ2n) is 5.79. The number of nitrogens with zero attached hydrogens (tertiary/aromatic N) is 4. The molecule has 3 aromatic rings. The Hall–Kier alpha value is -2.41. The first-order valence-electron chi connectivity index (χ1n) is 8.06. The van der Waals surface area contributed by atoms with Gasteiger partial charge in [0.25, 0.3) is 0 Å². The molecule has 1 N–H and O–H groups in total. The Morgan fingerprint density at radius 1 is 1.17 bits per heavy atom. The minimum Gasteiger partial charge on any atom is -0.481 e. The molecule has 0 radical (unpaired) electrons. The molecule has 24 heavy (non-hydrogen) atoms. The van der Waals surface area contributed by atoms with Gasteiger partial charge in [0.05, 0.1) is 17.3 Å². The Morgan fingerprint density at radius 2 is 2.00 bits per heavy atom. The average molecular weight is 341 g/mol. The molecule has 1 aromatic carbocycles. The highest BCUT2D eigenvalue weighted by atomic mass is 32.1. The van der Waals surface area contributed by atoms with Gasteiger partial charge in [-0.3, -0.25) is 0 Å². The van der Waals surface area contributed by atoms with Crippen molar-refractivity contribution in [2.75, 3.05) is 30.4 Å². The van der Waals surface area contributed by atoms with Gasteiger partial charge in [0.1, 0.15) is 0 Å². The first-order chi connectivity index (χ1) is 11.8. The number of hydrogen-bond acceptors (Lipinski definition) is 7. The zero-order valence-corrected chi connectivity index (χ0v) is 14.3. The summed E-state index contributed by atoms with van der Waals surface area (Å²) in [5.74, 6) is 1.21. The molecule has 0 unspecified atom stereocenters. The SMILES string of the molecule is COc1ccnc(NC2CCN(c3nc4ccccc4s3)CC2)n1. The van der Waals surface area contributed by atoms with Gasteiger partial charge in [0.2, 0.25) is 11.8 Å². The predicted molar refractivity (Wildman–Crippen MR) is 97.1 cm³/mol. The van der Waals surface area contributed by atoms with Crippen LogP contribution in [0.3, 0.4) is 0 Å². The lowest BCUT2D eigenvalue weighted by Crippen LogP contribution is -2.39. The molecule has 0 amide bonds. The number of para-hydroxylation sites is 1. The van der Waals surface area contributed by atoms with E-state index >= 15 is 0 Å². The van der Waals surface area contributed by atoms with Gasteiger partial charge in [-0.2, -0.15) is 4.98 Å². The topological polar surface area (TPSA) is 63.2 Å². The molecule has 1 aliphatic rings. The normalized spacial score (nSPS) is 15.6. The van der Waals surface area contributed by atoms with Crippen molar-refractivity contribution in [2.24, 2.45) is 0 Å². The molecule has 0 saturated carbocycles. The Balaban J connectivity index is 1.39. The van der Waals surface area contributed by atoms with Crippen LogP contribution in [0.25, 0.3) is 10.2 Å². The van der Waals surface area contributed by atoms with E-state index in [4.69, 9.17) is 9.72 Å². The smallest absolute Gasteiger partial charge is 0.226 e. The molecule has 0 atom stereocenters. The molecule has 0 bridgehead atoms. The van der Waals surface area contributed by atoms with E-state index in [2.05, 4.69) is 38.4 Å². The number of piperidine rings is 1. The van der Waals surface area contributed by atoms with Crippen LogP contribution in [-0.2, 0) is 0 Å². The van der Waals surface area contributed by atoms with Crippen molar-refractivity contribution >= 4 is 32.6 Å². The molecular formula is C17H19N5OS. The highest BCUT2D eigenvalue weighted by Gasteiger charge is 2.22. The van der Waals surface area contributed by atoms with E-state index in [1.807, 2.05) is 6.07 Å². The molecule has 124 valence electrons. The zero-order chi connectivity index (χ0) is 16.4. The quantitative estimate of drug-likeness (QED) is 0.786. The van der Waals surface area contributed by atoms with Gasteiger partial charge in [0, 0.05) is 31.4 Å². The van der Waals surface area contributed by atoms with E-state index in [1.165, 1.54) is 4.70 Å². The highest BCUT2D eigenvalue weighted by Crippen LogP contribution is 2.30. The lowest BCUT2D eigenvalue weighted by atomic mass is 10.1. The van der Waals surface area contributed by atoms with Gasteiger partial charge < -0.3 is 15.0 Å². The van der Waals surface area contributed by atoms with Crippen LogP contribution in [0.15, 0.2) is 36.5 Å². The molecule has 0 spiro atoms. The van der Waals surface area contributed by atoms with Gasteiger partial charge in [-0.1, -0.05) is 23.5 Å². The van der Waals surface area contributed by atoms with Gasteiger partial charge in [-0.25, -0.2) is 9.97 Å². The molecule has 2 aromatic heterocycles. The lowest BCUT2D eigenvalue weighted by Gasteiger charge is -2.32. The second-order valence-corrected chi connectivity index (χ2v) is 6.80. The van der Waals surface area contributed by atoms with Crippen LogP contribution in [0.2, 0.25) is 0 Å². The molecule has 0 aliphatic carbocycles. The monoisotopic (exact) mass is 341 g/mol. The van der Waals surface area contributed by atoms with Crippen LogP contribution in [-0.4, -0.2) is 41.2 Å². The van der Waals surface area contributed by atoms with Crippen molar-refractivity contribution in [3.05, 3.63) is 36.5 Å². The fourth-order valence-electron chi connectivity index (χ4n) is 2.92. The second kappa shape index (κ2) is 6.60. The summed E-state index contributed by atoms with van der Waals surface area (Å²) in [6, 6.07) is 10.4. The maximum Gasteiger partial charge on any atom is 0.226 e. The first kappa shape index (κ1) is 15.1. The van der Waals surface area contributed by atoms with Crippen LogP contribution < -0.4 is 15.0 Å². The van der Waals surface area contributed by atoms with E-state index in [0.29, 0.717) is 17.9 Å². The summed E-state index contributed by atoms with van der Waals surface area (Å²) < 4.78 is 6.39. The van der Waals surface area contributed by atoms with Crippen molar-refractivity contribution in [2.45, 2.75) is 18.9 Å². The summed E-state index contributed by atoms with van der Waals surface area (Å²) in [6.07, 6.45) is 3.79. The Morgan fingerprint density at radius 3 is 2.79 bits per heavy atom. The summed E-state index contributed by atoms with van der Waals surface area (Å²) in [6.45, 7) is 1.98. The highest BCUT2D eigenvalue weighted by molar-refractivity contribution is 7.22. The Labute approximate surface area is 144 Å². The molecule has 1 fully saturated rings. The third kappa shape index (κ3) is 3.12. The molecule has 3 heterocycles. The number of nitrogens with one attached hydrogen (secondary N) is 1. The van der Waals surface area contributed by atoms with E-state index in [1.54, 1.807) is 30.7 Å². The van der Waals surface area contributed by atoms with E-state index < -0.39 is 0 Å². The van der Waals surface area contributed by atoms with Crippen LogP contribution in [0, 0.1) is 0 Å². The summed E-state index contributed by atoms with van der Waals surface area (Å²) in [4.78, 5) is 15.7. The van der Waals surface area contributed by atoms with Crippen molar-refractivity contribution in [1.29, 1.82) is 0 Å². The number of aromatic nitrogens is 3. The maximum absolute atomic E-state index is 5.14. The fourth-order valence-corrected chi connectivity index (χ4v) is 3.94. The zero-order valence-electron chi connectivity index (χ0n) is 13.5. The Kier molecular flexibility index (Phi) is 4.17. The molecule has 7 heteroatoms. The lowest BCUT2D eigenvalue weighted by molar-refractivity contribution is 0.397.